The molecule has 0 aliphatic carbocycles. The van der Waals surface area contributed by atoms with Crippen molar-refractivity contribution in [3.8, 4) is 11.1 Å². The lowest BCUT2D eigenvalue weighted by Gasteiger charge is -2.12. The summed E-state index contributed by atoms with van der Waals surface area (Å²) < 4.78 is 46.5. The Morgan fingerprint density at radius 2 is 1.90 bits per heavy atom. The van der Waals surface area contributed by atoms with Gasteiger partial charge in [0.2, 0.25) is 0 Å². The number of halogens is 5. The first kappa shape index (κ1) is 21.3. The van der Waals surface area contributed by atoms with Gasteiger partial charge in [-0.3, -0.25) is 0 Å². The number of alkyl halides is 3. The molecule has 29 heavy (non-hydrogen) atoms. The number of carbonyl (C=O) groups is 1. The van der Waals surface area contributed by atoms with Gasteiger partial charge in [-0.15, -0.1) is 0 Å². The molecule has 0 amide bonds. The summed E-state index contributed by atoms with van der Waals surface area (Å²) in [5.41, 5.74) is -1.17. The van der Waals surface area contributed by atoms with Gasteiger partial charge in [-0.1, -0.05) is 42.6 Å². The van der Waals surface area contributed by atoms with E-state index in [4.69, 9.17) is 27.9 Å². The van der Waals surface area contributed by atoms with Gasteiger partial charge in [0.05, 0.1) is 17.7 Å². The first-order valence-electron chi connectivity index (χ1n) is 8.72. The normalized spacial score (nSPS) is 11.8. The van der Waals surface area contributed by atoms with Gasteiger partial charge < -0.3 is 9.94 Å². The highest BCUT2D eigenvalue weighted by Gasteiger charge is 2.35. The fourth-order valence-corrected chi connectivity index (χ4v) is 3.45. The predicted octanol–water partition coefficient (Wildman–Crippen LogP) is 6.83. The van der Waals surface area contributed by atoms with Gasteiger partial charge in [0.15, 0.2) is 5.69 Å². The SMILES string of the molecule is CCCCOC(=O)c1cc2c(C(F)(F)F)cc(-c3ccc(Cl)cc3Cl)cc2n1O. The number of rotatable bonds is 5. The summed E-state index contributed by atoms with van der Waals surface area (Å²) in [6, 6.07) is 7.60. The summed E-state index contributed by atoms with van der Waals surface area (Å²) in [6.45, 7) is 2.00. The molecular weight excluding hydrogens is 430 g/mol. The second kappa shape index (κ2) is 8.16. The monoisotopic (exact) mass is 445 g/mol. The Labute approximate surface area is 174 Å². The molecule has 0 spiro atoms. The lowest BCUT2D eigenvalue weighted by Crippen LogP contribution is -2.11. The molecule has 3 rings (SSSR count). The lowest BCUT2D eigenvalue weighted by atomic mass is 9.99. The molecule has 1 heterocycles. The van der Waals surface area contributed by atoms with Gasteiger partial charge in [0.25, 0.3) is 0 Å². The zero-order valence-electron chi connectivity index (χ0n) is 15.2. The van der Waals surface area contributed by atoms with Gasteiger partial charge in [-0.05, 0) is 42.3 Å². The molecule has 154 valence electrons. The van der Waals surface area contributed by atoms with E-state index in [2.05, 4.69) is 0 Å². The van der Waals surface area contributed by atoms with Gasteiger partial charge in [-0.2, -0.15) is 17.9 Å². The summed E-state index contributed by atoms with van der Waals surface area (Å²) in [5, 5.41) is 10.5. The van der Waals surface area contributed by atoms with Crippen LogP contribution in [0.3, 0.4) is 0 Å². The van der Waals surface area contributed by atoms with E-state index >= 15 is 0 Å². The van der Waals surface area contributed by atoms with E-state index in [1.54, 1.807) is 0 Å². The minimum Gasteiger partial charge on any atom is -0.461 e. The summed E-state index contributed by atoms with van der Waals surface area (Å²) in [7, 11) is 0. The van der Waals surface area contributed by atoms with Crippen LogP contribution >= 0.6 is 23.2 Å². The largest absolute Gasteiger partial charge is 0.461 e. The van der Waals surface area contributed by atoms with Crippen LogP contribution in [0.15, 0.2) is 36.4 Å². The summed E-state index contributed by atoms with van der Waals surface area (Å²) >= 11 is 12.0. The Hall–Kier alpha value is -2.38. The van der Waals surface area contributed by atoms with E-state index in [1.807, 2.05) is 6.92 Å². The van der Waals surface area contributed by atoms with E-state index in [-0.39, 0.29) is 33.8 Å². The molecule has 0 saturated carbocycles. The second-order valence-electron chi connectivity index (χ2n) is 6.41. The van der Waals surface area contributed by atoms with Crippen LogP contribution < -0.4 is 0 Å². The molecule has 0 radical (unpaired) electrons. The minimum atomic E-state index is -4.72. The average Bonchev–Trinajstić information content (AvgIpc) is 2.97. The Kier molecular flexibility index (Phi) is 6.00. The van der Waals surface area contributed by atoms with Crippen molar-refractivity contribution < 1.29 is 27.9 Å². The predicted molar refractivity (Wildman–Crippen MR) is 105 cm³/mol. The molecule has 0 aliphatic rings. The molecule has 2 aromatic carbocycles. The molecule has 1 N–H and O–H groups in total. The Bertz CT molecular complexity index is 1080. The zero-order valence-corrected chi connectivity index (χ0v) is 16.7. The molecule has 0 bridgehead atoms. The summed E-state index contributed by atoms with van der Waals surface area (Å²) in [5.74, 6) is -0.906. The fraction of sp³-hybridized carbons (Fsp3) is 0.250. The Morgan fingerprint density at radius 1 is 1.17 bits per heavy atom. The van der Waals surface area contributed by atoms with E-state index in [0.29, 0.717) is 21.7 Å². The number of nitrogens with zero attached hydrogens (tertiary/aromatic N) is 1. The maximum atomic E-state index is 13.7. The van der Waals surface area contributed by atoms with Crippen molar-refractivity contribution in [3.05, 3.63) is 57.7 Å². The fourth-order valence-electron chi connectivity index (χ4n) is 2.93. The topological polar surface area (TPSA) is 51.5 Å². The van der Waals surface area contributed by atoms with Crippen LogP contribution in [0.5, 0.6) is 0 Å². The molecule has 1 aromatic heterocycles. The number of carbonyl (C=O) groups excluding carboxylic acids is 1. The van der Waals surface area contributed by atoms with Crippen molar-refractivity contribution in [1.29, 1.82) is 0 Å². The summed E-state index contributed by atoms with van der Waals surface area (Å²) in [4.78, 5) is 12.2. The van der Waals surface area contributed by atoms with Crippen molar-refractivity contribution in [1.82, 2.24) is 4.73 Å². The molecule has 4 nitrogen and oxygen atoms in total. The standard InChI is InChI=1S/C20H16Cl2F3NO3/c1-2-3-6-29-19(27)18-10-14-15(20(23,24)25)7-11(8-17(14)26(18)28)13-5-4-12(21)9-16(13)22/h4-5,7-10,28H,2-3,6H2,1H3. The number of benzene rings is 2. The van der Waals surface area contributed by atoms with Gasteiger partial charge in [0, 0.05) is 21.0 Å². The quantitative estimate of drug-likeness (QED) is 0.266. The van der Waals surface area contributed by atoms with Crippen LogP contribution in [-0.4, -0.2) is 22.5 Å². The number of unbranched alkanes of at least 4 members (excludes halogenated alkanes) is 1. The molecule has 0 atom stereocenters. The van der Waals surface area contributed by atoms with E-state index in [0.717, 1.165) is 18.6 Å². The maximum absolute atomic E-state index is 13.7. The molecule has 0 unspecified atom stereocenters. The van der Waals surface area contributed by atoms with Crippen molar-refractivity contribution in [2.24, 2.45) is 0 Å². The number of ether oxygens (including phenoxy) is 1. The highest BCUT2D eigenvalue weighted by molar-refractivity contribution is 6.36. The third-order valence-electron chi connectivity index (χ3n) is 4.38. The number of fused-ring (bicyclic) bond motifs is 1. The smallest absolute Gasteiger partial charge is 0.417 e. The first-order chi connectivity index (χ1) is 13.6. The van der Waals surface area contributed by atoms with Gasteiger partial charge in [-0.25, -0.2) is 4.79 Å². The maximum Gasteiger partial charge on any atom is 0.417 e. The van der Waals surface area contributed by atoms with E-state index in [9.17, 15) is 23.2 Å². The van der Waals surface area contributed by atoms with Crippen LogP contribution in [0.4, 0.5) is 13.2 Å². The van der Waals surface area contributed by atoms with E-state index in [1.165, 1.54) is 24.3 Å². The Balaban J connectivity index is 2.19. The highest BCUT2D eigenvalue weighted by atomic mass is 35.5. The molecule has 9 heteroatoms. The highest BCUT2D eigenvalue weighted by Crippen LogP contribution is 2.40. The number of hydrogen-bond donors (Lipinski definition) is 1. The first-order valence-corrected chi connectivity index (χ1v) is 9.47. The van der Waals surface area contributed by atoms with Crippen molar-refractivity contribution in [2.45, 2.75) is 25.9 Å². The minimum absolute atomic E-state index is 0.106. The lowest BCUT2D eigenvalue weighted by molar-refractivity contribution is -0.136. The number of aromatic nitrogens is 1. The van der Waals surface area contributed by atoms with Crippen LogP contribution in [0, 0.1) is 0 Å². The molecule has 0 fully saturated rings. The Morgan fingerprint density at radius 3 is 2.52 bits per heavy atom. The third kappa shape index (κ3) is 4.31. The van der Waals surface area contributed by atoms with Crippen LogP contribution in [0.1, 0.15) is 35.8 Å². The van der Waals surface area contributed by atoms with Gasteiger partial charge >= 0.3 is 12.1 Å². The van der Waals surface area contributed by atoms with Crippen LogP contribution in [0.25, 0.3) is 22.0 Å². The second-order valence-corrected chi connectivity index (χ2v) is 7.25. The number of esters is 1. The van der Waals surface area contributed by atoms with Crippen LogP contribution in [-0.2, 0) is 10.9 Å². The zero-order chi connectivity index (χ0) is 21.3. The van der Waals surface area contributed by atoms with E-state index < -0.39 is 17.7 Å². The summed E-state index contributed by atoms with van der Waals surface area (Å²) in [6.07, 6.45) is -3.35. The number of hydrogen-bond acceptors (Lipinski definition) is 3. The van der Waals surface area contributed by atoms with Crippen molar-refractivity contribution in [2.75, 3.05) is 6.61 Å². The third-order valence-corrected chi connectivity index (χ3v) is 4.93. The van der Waals surface area contributed by atoms with Crippen molar-refractivity contribution >= 4 is 40.1 Å². The van der Waals surface area contributed by atoms with Crippen molar-refractivity contribution in [3.63, 3.8) is 0 Å². The molecular formula is C20H16Cl2F3NO3. The molecule has 0 saturated heterocycles. The molecule has 3 aromatic rings. The average molecular weight is 446 g/mol. The molecule has 0 aliphatic heterocycles. The van der Waals surface area contributed by atoms with Gasteiger partial charge in [0.1, 0.15) is 0 Å². The van der Waals surface area contributed by atoms with Crippen LogP contribution in [0.2, 0.25) is 10.0 Å².